The van der Waals surface area contributed by atoms with Crippen LogP contribution in [-0.4, -0.2) is 25.5 Å². The van der Waals surface area contributed by atoms with E-state index in [1.807, 2.05) is 24.3 Å². The van der Waals surface area contributed by atoms with Gasteiger partial charge in [0.2, 0.25) is 10.0 Å². The summed E-state index contributed by atoms with van der Waals surface area (Å²) in [6, 6.07) is 7.41. The second-order valence-corrected chi connectivity index (χ2v) is 7.10. The third kappa shape index (κ3) is 3.05. The van der Waals surface area contributed by atoms with Gasteiger partial charge in [0.05, 0.1) is 12.3 Å². The smallest absolute Gasteiger partial charge is 0.211 e. The summed E-state index contributed by atoms with van der Waals surface area (Å²) in [5, 5.41) is 0.651. The average molecular weight is 288 g/mol. The molecule has 0 aliphatic carbocycles. The van der Waals surface area contributed by atoms with Crippen molar-refractivity contribution in [3.63, 3.8) is 0 Å². The van der Waals surface area contributed by atoms with Crippen LogP contribution in [0.2, 0.25) is 5.02 Å². The molecule has 1 aromatic carbocycles. The number of nitrogens with zero attached hydrogens (tertiary/aromatic N) is 1. The largest absolute Gasteiger partial charge is 0.212 e. The predicted molar refractivity (Wildman–Crippen MR) is 74.2 cm³/mol. The average Bonchev–Trinajstić information content (AvgIpc) is 2.54. The molecule has 1 aromatic rings. The van der Waals surface area contributed by atoms with Crippen molar-refractivity contribution in [2.75, 3.05) is 12.8 Å². The SMILES string of the molecule is CS(=O)(=O)N1CCCCCC1c1ccccc1Cl. The van der Waals surface area contributed by atoms with Crippen LogP contribution in [0, 0.1) is 0 Å². The molecule has 0 bridgehead atoms. The van der Waals surface area contributed by atoms with E-state index < -0.39 is 10.0 Å². The maximum absolute atomic E-state index is 11.9. The van der Waals surface area contributed by atoms with Gasteiger partial charge in [0, 0.05) is 11.6 Å². The Hall–Kier alpha value is -0.580. The molecule has 0 spiro atoms. The summed E-state index contributed by atoms with van der Waals surface area (Å²) in [6.07, 6.45) is 5.17. The first-order valence-electron chi connectivity index (χ1n) is 6.21. The molecule has 0 saturated carbocycles. The van der Waals surface area contributed by atoms with Crippen molar-refractivity contribution in [1.29, 1.82) is 0 Å². The maximum Gasteiger partial charge on any atom is 0.211 e. The fraction of sp³-hybridized carbons (Fsp3) is 0.538. The minimum absolute atomic E-state index is 0.115. The topological polar surface area (TPSA) is 37.4 Å². The molecule has 3 nitrogen and oxygen atoms in total. The molecule has 5 heteroatoms. The molecule has 2 rings (SSSR count). The van der Waals surface area contributed by atoms with Crippen molar-refractivity contribution in [3.8, 4) is 0 Å². The van der Waals surface area contributed by atoms with E-state index in [2.05, 4.69) is 0 Å². The molecule has 0 aromatic heterocycles. The molecular formula is C13H18ClNO2S. The third-order valence-corrected chi connectivity index (χ3v) is 5.03. The van der Waals surface area contributed by atoms with Gasteiger partial charge >= 0.3 is 0 Å². The third-order valence-electron chi connectivity index (χ3n) is 3.39. The molecule has 0 N–H and O–H groups in total. The number of halogens is 1. The summed E-state index contributed by atoms with van der Waals surface area (Å²) >= 11 is 6.20. The molecular weight excluding hydrogens is 270 g/mol. The molecule has 1 unspecified atom stereocenters. The minimum Gasteiger partial charge on any atom is -0.212 e. The van der Waals surface area contributed by atoms with E-state index in [1.54, 1.807) is 4.31 Å². The first-order chi connectivity index (χ1) is 8.50. The summed E-state index contributed by atoms with van der Waals surface area (Å²) in [4.78, 5) is 0. The first kappa shape index (κ1) is 13.8. The normalized spacial score (nSPS) is 22.7. The minimum atomic E-state index is -3.19. The van der Waals surface area contributed by atoms with Crippen molar-refractivity contribution in [3.05, 3.63) is 34.9 Å². The van der Waals surface area contributed by atoms with E-state index in [0.29, 0.717) is 11.6 Å². The van der Waals surface area contributed by atoms with Crippen molar-refractivity contribution in [2.24, 2.45) is 0 Å². The van der Waals surface area contributed by atoms with E-state index in [-0.39, 0.29) is 6.04 Å². The molecule has 1 atom stereocenters. The lowest BCUT2D eigenvalue weighted by Gasteiger charge is -2.28. The summed E-state index contributed by atoms with van der Waals surface area (Å²) in [5.41, 5.74) is 0.923. The Morgan fingerprint density at radius 1 is 1.22 bits per heavy atom. The number of hydrogen-bond acceptors (Lipinski definition) is 2. The van der Waals surface area contributed by atoms with E-state index in [0.717, 1.165) is 31.2 Å². The van der Waals surface area contributed by atoms with Crippen LogP contribution in [0.25, 0.3) is 0 Å². The first-order valence-corrected chi connectivity index (χ1v) is 8.44. The Morgan fingerprint density at radius 2 is 1.94 bits per heavy atom. The monoisotopic (exact) mass is 287 g/mol. The second kappa shape index (κ2) is 5.59. The highest BCUT2D eigenvalue weighted by Crippen LogP contribution is 2.35. The zero-order valence-corrected chi connectivity index (χ0v) is 12.0. The summed E-state index contributed by atoms with van der Waals surface area (Å²) in [5.74, 6) is 0. The van der Waals surface area contributed by atoms with Gasteiger partial charge in [-0.15, -0.1) is 0 Å². The van der Waals surface area contributed by atoms with Gasteiger partial charge < -0.3 is 0 Å². The van der Waals surface area contributed by atoms with Crippen LogP contribution in [0.5, 0.6) is 0 Å². The van der Waals surface area contributed by atoms with Gasteiger partial charge in [-0.2, -0.15) is 4.31 Å². The number of benzene rings is 1. The lowest BCUT2D eigenvalue weighted by molar-refractivity contribution is 0.331. The maximum atomic E-state index is 11.9. The van der Waals surface area contributed by atoms with Crippen molar-refractivity contribution < 1.29 is 8.42 Å². The lowest BCUT2D eigenvalue weighted by Crippen LogP contribution is -2.34. The van der Waals surface area contributed by atoms with Gasteiger partial charge in [0.15, 0.2) is 0 Å². The van der Waals surface area contributed by atoms with E-state index in [1.165, 1.54) is 6.26 Å². The number of hydrogen-bond donors (Lipinski definition) is 0. The van der Waals surface area contributed by atoms with Crippen LogP contribution >= 0.6 is 11.6 Å². The van der Waals surface area contributed by atoms with Gasteiger partial charge in [-0.05, 0) is 24.5 Å². The van der Waals surface area contributed by atoms with Gasteiger partial charge in [-0.25, -0.2) is 8.42 Å². The molecule has 1 saturated heterocycles. The second-order valence-electron chi connectivity index (χ2n) is 4.76. The van der Waals surface area contributed by atoms with Gasteiger partial charge in [0.25, 0.3) is 0 Å². The van der Waals surface area contributed by atoms with Crippen LogP contribution < -0.4 is 0 Å². The zero-order valence-electron chi connectivity index (χ0n) is 10.5. The summed E-state index contributed by atoms with van der Waals surface area (Å²) in [6.45, 7) is 0.592. The Balaban J connectivity index is 2.41. The highest BCUT2D eigenvalue weighted by molar-refractivity contribution is 7.88. The molecule has 0 amide bonds. The standard InChI is InChI=1S/C13H18ClNO2S/c1-18(16,17)15-10-6-2-3-9-13(15)11-7-4-5-8-12(11)14/h4-5,7-8,13H,2-3,6,9-10H2,1H3. The number of rotatable bonds is 2. The van der Waals surface area contributed by atoms with Crippen LogP contribution in [-0.2, 0) is 10.0 Å². The Kier molecular flexibility index (Phi) is 4.30. The Bertz CT molecular complexity index is 515. The Morgan fingerprint density at radius 3 is 2.61 bits per heavy atom. The molecule has 100 valence electrons. The van der Waals surface area contributed by atoms with E-state index in [4.69, 9.17) is 11.6 Å². The zero-order chi connectivity index (χ0) is 13.2. The summed E-state index contributed by atoms with van der Waals surface area (Å²) < 4.78 is 25.4. The van der Waals surface area contributed by atoms with Crippen LogP contribution in [0.15, 0.2) is 24.3 Å². The van der Waals surface area contributed by atoms with Crippen LogP contribution in [0.3, 0.4) is 0 Å². The predicted octanol–water partition coefficient (Wildman–Crippen LogP) is 3.22. The molecule has 1 aliphatic heterocycles. The molecule has 1 aliphatic rings. The van der Waals surface area contributed by atoms with Gasteiger partial charge in [-0.3, -0.25) is 0 Å². The van der Waals surface area contributed by atoms with E-state index in [9.17, 15) is 8.42 Å². The fourth-order valence-corrected chi connectivity index (χ4v) is 3.94. The van der Waals surface area contributed by atoms with Crippen molar-refractivity contribution in [1.82, 2.24) is 4.31 Å². The molecule has 0 radical (unpaired) electrons. The molecule has 18 heavy (non-hydrogen) atoms. The van der Waals surface area contributed by atoms with Crippen LogP contribution in [0.4, 0.5) is 0 Å². The highest BCUT2D eigenvalue weighted by atomic mass is 35.5. The molecule has 1 heterocycles. The fourth-order valence-electron chi connectivity index (χ4n) is 2.53. The van der Waals surface area contributed by atoms with E-state index >= 15 is 0 Å². The summed E-state index contributed by atoms with van der Waals surface area (Å²) in [7, 11) is -3.19. The van der Waals surface area contributed by atoms with Crippen molar-refractivity contribution >= 4 is 21.6 Å². The highest BCUT2D eigenvalue weighted by Gasteiger charge is 2.30. The lowest BCUT2D eigenvalue weighted by atomic mass is 10.0. The van der Waals surface area contributed by atoms with Gasteiger partial charge in [-0.1, -0.05) is 42.6 Å². The Labute approximate surface area is 114 Å². The van der Waals surface area contributed by atoms with Crippen molar-refractivity contribution in [2.45, 2.75) is 31.7 Å². The molecule has 1 fully saturated rings. The number of sulfonamides is 1. The van der Waals surface area contributed by atoms with Gasteiger partial charge in [0.1, 0.15) is 0 Å². The van der Waals surface area contributed by atoms with Crippen LogP contribution in [0.1, 0.15) is 37.3 Å². The quantitative estimate of drug-likeness (QED) is 0.837.